The Hall–Kier alpha value is -2.77. The number of nitrogens with zero attached hydrogens (tertiary/aromatic N) is 3. The van der Waals surface area contributed by atoms with Gasteiger partial charge in [-0.1, -0.05) is 25.0 Å². The minimum absolute atomic E-state index is 0.0710. The zero-order valence-corrected chi connectivity index (χ0v) is 19.1. The number of hydrogen-bond donors (Lipinski definition) is 3. The molecule has 2 aliphatic heterocycles. The van der Waals surface area contributed by atoms with Crippen molar-refractivity contribution in [3.8, 4) is 0 Å². The first-order chi connectivity index (χ1) is 15.6. The molecular weight excluding hydrogens is 404 g/mol. The molecule has 32 heavy (non-hydrogen) atoms. The van der Waals surface area contributed by atoms with Gasteiger partial charge in [0.2, 0.25) is 11.8 Å². The van der Waals surface area contributed by atoms with Crippen LogP contribution in [0.4, 0.5) is 5.69 Å². The van der Waals surface area contributed by atoms with Crippen LogP contribution in [0.5, 0.6) is 0 Å². The third kappa shape index (κ3) is 5.72. The fraction of sp³-hybridized carbons (Fsp3) is 0.625. The van der Waals surface area contributed by atoms with Crippen molar-refractivity contribution in [1.29, 1.82) is 0 Å². The number of anilines is 1. The molecule has 1 aliphatic carbocycles. The Labute approximate surface area is 190 Å². The van der Waals surface area contributed by atoms with E-state index in [2.05, 4.69) is 52.0 Å². The number of carbonyl (C=O) groups excluding carboxylic acids is 2. The molecule has 1 unspecified atom stereocenters. The molecule has 2 saturated heterocycles. The van der Waals surface area contributed by atoms with E-state index in [1.807, 2.05) is 4.90 Å². The van der Waals surface area contributed by atoms with Gasteiger partial charge in [-0.05, 0) is 43.9 Å². The van der Waals surface area contributed by atoms with Crippen molar-refractivity contribution in [2.75, 3.05) is 44.2 Å². The second kappa shape index (κ2) is 10.7. The van der Waals surface area contributed by atoms with E-state index in [-0.39, 0.29) is 17.9 Å². The highest BCUT2D eigenvalue weighted by molar-refractivity contribution is 5.83. The molecule has 8 nitrogen and oxygen atoms in total. The number of nitrogens with one attached hydrogen (secondary N) is 3. The van der Waals surface area contributed by atoms with E-state index in [0.717, 1.165) is 62.7 Å². The number of hydrogen-bond acceptors (Lipinski definition) is 4. The van der Waals surface area contributed by atoms with Crippen LogP contribution in [0.3, 0.4) is 0 Å². The van der Waals surface area contributed by atoms with Crippen molar-refractivity contribution in [3.05, 3.63) is 29.8 Å². The lowest BCUT2D eigenvalue weighted by Crippen LogP contribution is -2.47. The SMILES string of the molecule is CCNC(=NCc1ccc(N2CCNC(=O)C2)cc1)NC1CCN(C(=O)C2CCCC2)C1. The zero-order valence-electron chi connectivity index (χ0n) is 19.1. The molecule has 1 atom stereocenters. The number of amides is 2. The Balaban J connectivity index is 1.30. The fourth-order valence-corrected chi connectivity index (χ4v) is 4.86. The maximum Gasteiger partial charge on any atom is 0.239 e. The van der Waals surface area contributed by atoms with E-state index < -0.39 is 0 Å². The largest absolute Gasteiger partial charge is 0.360 e. The molecular formula is C24H36N6O2. The van der Waals surface area contributed by atoms with Crippen molar-refractivity contribution in [1.82, 2.24) is 20.9 Å². The number of likely N-dealkylation sites (tertiary alicyclic amines) is 1. The van der Waals surface area contributed by atoms with Crippen LogP contribution in [-0.4, -0.2) is 68.0 Å². The topological polar surface area (TPSA) is 89.1 Å². The second-order valence-corrected chi connectivity index (χ2v) is 9.03. The molecule has 0 aromatic heterocycles. The first kappa shape index (κ1) is 22.4. The quantitative estimate of drug-likeness (QED) is 0.461. The molecule has 3 N–H and O–H groups in total. The average molecular weight is 441 g/mol. The molecule has 1 aromatic rings. The zero-order chi connectivity index (χ0) is 22.3. The first-order valence-corrected chi connectivity index (χ1v) is 12.1. The van der Waals surface area contributed by atoms with Crippen LogP contribution in [0.15, 0.2) is 29.3 Å². The van der Waals surface area contributed by atoms with Gasteiger partial charge >= 0.3 is 0 Å². The summed E-state index contributed by atoms with van der Waals surface area (Å²) in [5.41, 5.74) is 2.19. The molecule has 4 rings (SSSR count). The summed E-state index contributed by atoms with van der Waals surface area (Å²) in [6.45, 7) is 6.96. The molecule has 1 saturated carbocycles. The summed E-state index contributed by atoms with van der Waals surface area (Å²) in [6.07, 6.45) is 5.46. The van der Waals surface area contributed by atoms with Gasteiger partial charge in [0.1, 0.15) is 0 Å². The van der Waals surface area contributed by atoms with E-state index >= 15 is 0 Å². The fourth-order valence-electron chi connectivity index (χ4n) is 4.86. The Morgan fingerprint density at radius 1 is 1.16 bits per heavy atom. The van der Waals surface area contributed by atoms with E-state index in [0.29, 0.717) is 25.5 Å². The standard InChI is InChI=1S/C24H36N6O2/c1-2-25-24(28-20-11-13-30(16-20)23(32)19-5-3-4-6-19)27-15-18-7-9-21(10-8-18)29-14-12-26-22(31)17-29/h7-10,19-20H,2-6,11-17H2,1H3,(H,26,31)(H2,25,27,28). The minimum atomic E-state index is 0.0710. The van der Waals surface area contributed by atoms with Crippen LogP contribution < -0.4 is 20.9 Å². The highest BCUT2D eigenvalue weighted by Gasteiger charge is 2.32. The van der Waals surface area contributed by atoms with Crippen LogP contribution in [0.1, 0.15) is 44.6 Å². The predicted octanol–water partition coefficient (Wildman–Crippen LogP) is 1.47. The van der Waals surface area contributed by atoms with E-state index in [4.69, 9.17) is 4.99 Å². The molecule has 2 amide bonds. The van der Waals surface area contributed by atoms with Crippen LogP contribution in [0.2, 0.25) is 0 Å². The number of rotatable bonds is 6. The third-order valence-corrected chi connectivity index (χ3v) is 6.65. The second-order valence-electron chi connectivity index (χ2n) is 9.03. The van der Waals surface area contributed by atoms with Crippen molar-refractivity contribution in [2.45, 2.75) is 51.6 Å². The number of carbonyl (C=O) groups is 2. The lowest BCUT2D eigenvalue weighted by Gasteiger charge is -2.28. The van der Waals surface area contributed by atoms with Crippen LogP contribution in [-0.2, 0) is 16.1 Å². The number of piperazine rings is 1. The van der Waals surface area contributed by atoms with Crippen molar-refractivity contribution in [2.24, 2.45) is 10.9 Å². The smallest absolute Gasteiger partial charge is 0.239 e. The molecule has 8 heteroatoms. The highest BCUT2D eigenvalue weighted by Crippen LogP contribution is 2.27. The summed E-state index contributed by atoms with van der Waals surface area (Å²) in [6, 6.07) is 8.52. The van der Waals surface area contributed by atoms with Gasteiger partial charge in [-0.2, -0.15) is 0 Å². The molecule has 0 spiro atoms. The maximum atomic E-state index is 12.7. The first-order valence-electron chi connectivity index (χ1n) is 12.1. The summed E-state index contributed by atoms with van der Waals surface area (Å²) < 4.78 is 0. The molecule has 174 valence electrons. The predicted molar refractivity (Wildman–Crippen MR) is 127 cm³/mol. The lowest BCUT2D eigenvalue weighted by atomic mass is 10.1. The summed E-state index contributed by atoms with van der Waals surface area (Å²) in [4.78, 5) is 33.2. The third-order valence-electron chi connectivity index (χ3n) is 6.65. The van der Waals surface area contributed by atoms with Crippen molar-refractivity contribution >= 4 is 23.5 Å². The van der Waals surface area contributed by atoms with Gasteiger partial charge in [0.05, 0.1) is 13.1 Å². The van der Waals surface area contributed by atoms with Crippen molar-refractivity contribution < 1.29 is 9.59 Å². The van der Waals surface area contributed by atoms with E-state index in [1.54, 1.807) is 0 Å². The molecule has 0 bridgehead atoms. The maximum absolute atomic E-state index is 12.7. The van der Waals surface area contributed by atoms with Crippen molar-refractivity contribution in [3.63, 3.8) is 0 Å². The summed E-state index contributed by atoms with van der Waals surface area (Å²) in [7, 11) is 0. The Morgan fingerprint density at radius 3 is 2.66 bits per heavy atom. The lowest BCUT2D eigenvalue weighted by molar-refractivity contribution is -0.134. The molecule has 2 heterocycles. The van der Waals surface area contributed by atoms with Crippen LogP contribution in [0, 0.1) is 5.92 Å². The Bertz CT molecular complexity index is 818. The van der Waals surface area contributed by atoms with E-state index in [9.17, 15) is 9.59 Å². The molecule has 0 radical (unpaired) electrons. The minimum Gasteiger partial charge on any atom is -0.360 e. The highest BCUT2D eigenvalue weighted by atomic mass is 16.2. The normalized spacial score (nSPS) is 22.2. The number of guanidine groups is 1. The Kier molecular flexibility index (Phi) is 7.50. The number of aliphatic imine (C=N–C) groups is 1. The van der Waals surface area contributed by atoms with Gasteiger partial charge in [-0.3, -0.25) is 9.59 Å². The van der Waals surface area contributed by atoms with Gasteiger partial charge in [0, 0.05) is 50.4 Å². The van der Waals surface area contributed by atoms with Gasteiger partial charge in [0.25, 0.3) is 0 Å². The van der Waals surface area contributed by atoms with Gasteiger partial charge in [-0.15, -0.1) is 0 Å². The monoisotopic (exact) mass is 440 g/mol. The van der Waals surface area contributed by atoms with Gasteiger partial charge in [0.15, 0.2) is 5.96 Å². The van der Waals surface area contributed by atoms with Gasteiger partial charge < -0.3 is 25.8 Å². The summed E-state index contributed by atoms with van der Waals surface area (Å²) >= 11 is 0. The molecule has 3 aliphatic rings. The van der Waals surface area contributed by atoms with Crippen LogP contribution >= 0.6 is 0 Å². The van der Waals surface area contributed by atoms with Crippen LogP contribution in [0.25, 0.3) is 0 Å². The summed E-state index contributed by atoms with van der Waals surface area (Å²) in [5.74, 6) is 1.46. The molecule has 1 aromatic carbocycles. The van der Waals surface area contributed by atoms with E-state index in [1.165, 1.54) is 12.8 Å². The summed E-state index contributed by atoms with van der Waals surface area (Å²) in [5, 5.41) is 9.71. The number of benzene rings is 1. The average Bonchev–Trinajstić information content (AvgIpc) is 3.50. The molecule has 3 fully saturated rings. The van der Waals surface area contributed by atoms with Gasteiger partial charge in [-0.25, -0.2) is 4.99 Å². The Morgan fingerprint density at radius 2 is 1.94 bits per heavy atom.